The molecule has 16 rings (SSSR count). The van der Waals surface area contributed by atoms with Crippen molar-refractivity contribution in [1.29, 1.82) is 5.26 Å². The summed E-state index contributed by atoms with van der Waals surface area (Å²) in [7, 11) is 0. The third kappa shape index (κ3) is 9.90. The lowest BCUT2D eigenvalue weighted by atomic mass is 9.91. The molecule has 434 valence electrons. The van der Waals surface area contributed by atoms with Gasteiger partial charge in [0, 0.05) is 38.2 Å². The van der Waals surface area contributed by atoms with Crippen LogP contribution in [-0.4, -0.2) is 24.1 Å². The van der Waals surface area contributed by atoms with Crippen LogP contribution in [0.25, 0.3) is 156 Å². The maximum Gasteiger partial charge on any atom is 0.166 e. The molecule has 16 aromatic rings. The molecule has 0 saturated heterocycles. The number of nitriles is 1. The fraction of sp³-hybridized carbons (Fsp3) is 0.0465. The standard InChI is InChI=1S/C86H60N6/c1-54-18-13-27-60(44-54)64-34-39-78-73(48-64)74-49-65(61-28-14-19-55(2)45-61)35-40-79(74)91(78)77-43-38-68(70-31-12-11-26-69(70)53-87)52-72(77)71-32-17-33-82(83(71)86-89-84(58-22-7-5-8-23-58)88-85(90-86)59-24-9-6-10-25-59)92-80-41-36-66(62-29-15-20-56(3)46-62)50-75(80)76-51-67(37-42-81(76)92)63-30-16-21-57(4)47-63/h5-52H,1-4H3. The van der Waals surface area contributed by atoms with Crippen LogP contribution >= 0.6 is 0 Å². The highest BCUT2D eigenvalue weighted by molar-refractivity contribution is 6.14. The van der Waals surface area contributed by atoms with Gasteiger partial charge in [0.2, 0.25) is 0 Å². The summed E-state index contributed by atoms with van der Waals surface area (Å²) < 4.78 is 4.86. The molecule has 0 aliphatic rings. The highest BCUT2D eigenvalue weighted by Crippen LogP contribution is 2.47. The van der Waals surface area contributed by atoms with Crippen molar-refractivity contribution in [1.82, 2.24) is 24.1 Å². The van der Waals surface area contributed by atoms with Crippen LogP contribution in [0, 0.1) is 39.0 Å². The average Bonchev–Trinajstić information content (AvgIpc) is 1.50. The van der Waals surface area contributed by atoms with Crippen molar-refractivity contribution in [3.05, 3.63) is 319 Å². The van der Waals surface area contributed by atoms with E-state index >= 15 is 0 Å². The van der Waals surface area contributed by atoms with Crippen LogP contribution in [0.2, 0.25) is 0 Å². The highest BCUT2D eigenvalue weighted by Gasteiger charge is 2.27. The van der Waals surface area contributed by atoms with Crippen molar-refractivity contribution in [3.63, 3.8) is 0 Å². The van der Waals surface area contributed by atoms with E-state index in [0.29, 0.717) is 23.0 Å². The second kappa shape index (κ2) is 22.8. The first kappa shape index (κ1) is 55.3. The lowest BCUT2D eigenvalue weighted by molar-refractivity contribution is 1.06. The smallest absolute Gasteiger partial charge is 0.166 e. The molecule has 13 aromatic carbocycles. The number of nitrogens with zero attached hydrogens (tertiary/aromatic N) is 6. The van der Waals surface area contributed by atoms with E-state index in [0.717, 1.165) is 138 Å². The molecule has 3 aromatic heterocycles. The van der Waals surface area contributed by atoms with Crippen molar-refractivity contribution in [2.24, 2.45) is 0 Å². The summed E-state index contributed by atoms with van der Waals surface area (Å²) in [6.07, 6.45) is 0. The van der Waals surface area contributed by atoms with Crippen LogP contribution in [0.1, 0.15) is 27.8 Å². The topological polar surface area (TPSA) is 72.3 Å². The number of hydrogen-bond donors (Lipinski definition) is 0. The lowest BCUT2D eigenvalue weighted by Crippen LogP contribution is -2.06. The third-order valence-electron chi connectivity index (χ3n) is 18.0. The van der Waals surface area contributed by atoms with E-state index < -0.39 is 0 Å². The van der Waals surface area contributed by atoms with E-state index in [4.69, 9.17) is 15.0 Å². The zero-order chi connectivity index (χ0) is 62.0. The first-order chi connectivity index (χ1) is 45.2. The van der Waals surface area contributed by atoms with Crippen molar-refractivity contribution in [2.75, 3.05) is 0 Å². The van der Waals surface area contributed by atoms with E-state index in [2.05, 4.69) is 273 Å². The molecular formula is C86H60N6. The van der Waals surface area contributed by atoms with Gasteiger partial charge in [-0.3, -0.25) is 0 Å². The number of rotatable bonds is 11. The highest BCUT2D eigenvalue weighted by atomic mass is 15.1. The Morgan fingerprint density at radius 1 is 0.261 bits per heavy atom. The average molecular weight is 1180 g/mol. The zero-order valence-corrected chi connectivity index (χ0v) is 51.4. The number of aryl methyl sites for hydroxylation is 4. The van der Waals surface area contributed by atoms with Crippen LogP contribution in [0.5, 0.6) is 0 Å². The van der Waals surface area contributed by atoms with Gasteiger partial charge in [-0.25, -0.2) is 15.0 Å². The van der Waals surface area contributed by atoms with Crippen molar-refractivity contribution >= 4 is 43.6 Å². The number of aromatic nitrogens is 5. The molecule has 0 N–H and O–H groups in total. The summed E-state index contributed by atoms with van der Waals surface area (Å²) in [6, 6.07) is 107. The van der Waals surface area contributed by atoms with Crippen molar-refractivity contribution in [2.45, 2.75) is 27.7 Å². The minimum absolute atomic E-state index is 0.507. The molecule has 6 nitrogen and oxygen atoms in total. The summed E-state index contributed by atoms with van der Waals surface area (Å²) in [5.74, 6) is 1.61. The van der Waals surface area contributed by atoms with Gasteiger partial charge in [-0.1, -0.05) is 241 Å². The molecule has 0 aliphatic carbocycles. The van der Waals surface area contributed by atoms with E-state index in [1.165, 1.54) is 22.3 Å². The predicted octanol–water partition coefficient (Wildman–Crippen LogP) is 22.2. The predicted molar refractivity (Wildman–Crippen MR) is 381 cm³/mol. The van der Waals surface area contributed by atoms with Gasteiger partial charge in [0.25, 0.3) is 0 Å². The first-order valence-corrected chi connectivity index (χ1v) is 31.3. The van der Waals surface area contributed by atoms with Gasteiger partial charge in [-0.2, -0.15) is 5.26 Å². The normalized spacial score (nSPS) is 11.5. The molecule has 0 spiro atoms. The first-order valence-electron chi connectivity index (χ1n) is 31.3. The number of benzene rings is 13. The minimum atomic E-state index is 0.507. The summed E-state index contributed by atoms with van der Waals surface area (Å²) in [5, 5.41) is 15.3. The lowest BCUT2D eigenvalue weighted by Gasteiger charge is -2.22. The largest absolute Gasteiger partial charge is 0.309 e. The second-order valence-electron chi connectivity index (χ2n) is 24.2. The van der Waals surface area contributed by atoms with E-state index in [1.54, 1.807) is 0 Å². The fourth-order valence-electron chi connectivity index (χ4n) is 13.6. The van der Waals surface area contributed by atoms with E-state index in [9.17, 15) is 5.26 Å². The molecule has 0 saturated carbocycles. The van der Waals surface area contributed by atoms with Gasteiger partial charge in [-0.15, -0.1) is 0 Å². The zero-order valence-electron chi connectivity index (χ0n) is 51.4. The Morgan fingerprint density at radius 3 is 1.03 bits per heavy atom. The Labute approximate surface area is 535 Å². The SMILES string of the molecule is Cc1cccc(-c2ccc3c(c2)c2cc(-c4cccc(C)c4)ccc2n3-c2ccc(-c3ccccc3C#N)cc2-c2cccc(-n3c4ccc(-c5cccc(C)c5)cc4c4cc(-c5cccc(C)c5)ccc43)c2-c2nc(-c3ccccc3)nc(-c3ccccc3)n2)c1. The van der Waals surface area contributed by atoms with Crippen LogP contribution in [-0.2, 0) is 0 Å². The molecule has 0 amide bonds. The second-order valence-corrected chi connectivity index (χ2v) is 24.2. The van der Waals surface area contributed by atoms with Gasteiger partial charge >= 0.3 is 0 Å². The summed E-state index contributed by atoms with van der Waals surface area (Å²) >= 11 is 0. The number of fused-ring (bicyclic) bond motifs is 6. The minimum Gasteiger partial charge on any atom is -0.309 e. The number of hydrogen-bond acceptors (Lipinski definition) is 4. The fourth-order valence-corrected chi connectivity index (χ4v) is 13.6. The molecule has 0 fully saturated rings. The quantitative estimate of drug-likeness (QED) is 0.129. The van der Waals surface area contributed by atoms with E-state index in [1.807, 2.05) is 60.7 Å². The molecule has 0 bridgehead atoms. The maximum atomic E-state index is 10.8. The molecular weight excluding hydrogens is 1120 g/mol. The van der Waals surface area contributed by atoms with Crippen LogP contribution in [0.3, 0.4) is 0 Å². The molecule has 0 aliphatic heterocycles. The molecule has 3 heterocycles. The van der Waals surface area contributed by atoms with Crippen LogP contribution in [0.4, 0.5) is 0 Å². The molecule has 0 radical (unpaired) electrons. The monoisotopic (exact) mass is 1180 g/mol. The Morgan fingerprint density at radius 2 is 0.609 bits per heavy atom. The Balaban J connectivity index is 1.04. The van der Waals surface area contributed by atoms with Gasteiger partial charge in [0.15, 0.2) is 17.5 Å². The maximum absolute atomic E-state index is 10.8. The molecule has 0 atom stereocenters. The van der Waals surface area contributed by atoms with Crippen LogP contribution < -0.4 is 0 Å². The molecule has 0 unspecified atom stereocenters. The van der Waals surface area contributed by atoms with E-state index in [-0.39, 0.29) is 0 Å². The molecule has 6 heteroatoms. The Kier molecular flexibility index (Phi) is 13.7. The molecule has 92 heavy (non-hydrogen) atoms. The van der Waals surface area contributed by atoms with Gasteiger partial charge in [-0.05, 0) is 162 Å². The Hall–Kier alpha value is -12.0. The van der Waals surface area contributed by atoms with Gasteiger partial charge in [0.05, 0.1) is 50.6 Å². The third-order valence-corrected chi connectivity index (χ3v) is 18.0. The van der Waals surface area contributed by atoms with Gasteiger partial charge in [0.1, 0.15) is 0 Å². The summed E-state index contributed by atoms with van der Waals surface area (Å²) in [5.41, 5.74) is 26.7. The van der Waals surface area contributed by atoms with Crippen molar-refractivity contribution < 1.29 is 0 Å². The Bertz CT molecular complexity index is 5380. The van der Waals surface area contributed by atoms with Gasteiger partial charge < -0.3 is 9.13 Å². The summed E-state index contributed by atoms with van der Waals surface area (Å²) in [4.78, 5) is 16.6. The summed E-state index contributed by atoms with van der Waals surface area (Å²) in [6.45, 7) is 8.61. The van der Waals surface area contributed by atoms with Crippen molar-refractivity contribution in [3.8, 4) is 118 Å². The van der Waals surface area contributed by atoms with Crippen LogP contribution in [0.15, 0.2) is 291 Å².